The molecule has 0 aromatic heterocycles. The molecule has 0 bridgehead atoms. The number of likely N-dealkylation sites (tertiary alicyclic amines) is 1. The molecule has 1 fully saturated rings. The first-order valence-electron chi connectivity index (χ1n) is 3.97. The number of amides is 1. The number of hydrogen-bond acceptors (Lipinski definition) is 5. The number of hydroxylamine groups is 1. The average Bonchev–Trinajstić information content (AvgIpc) is 2.52. The second kappa shape index (κ2) is 4.54. The van der Waals surface area contributed by atoms with Crippen molar-refractivity contribution in [2.24, 2.45) is 0 Å². The van der Waals surface area contributed by atoms with Crippen LogP contribution in [0.2, 0.25) is 0 Å². The van der Waals surface area contributed by atoms with Crippen molar-refractivity contribution in [3.63, 3.8) is 0 Å². The molecule has 0 atom stereocenters. The molecule has 0 aromatic rings. The van der Waals surface area contributed by atoms with Gasteiger partial charge in [-0.1, -0.05) is 0 Å². The molecule has 0 saturated carbocycles. The van der Waals surface area contributed by atoms with Crippen LogP contribution in [0.4, 0.5) is 0 Å². The van der Waals surface area contributed by atoms with Crippen LogP contribution >= 0.6 is 0 Å². The summed E-state index contributed by atoms with van der Waals surface area (Å²) in [6.07, 6.45) is 2.20. The maximum absolute atomic E-state index is 11.1. The normalized spacial score (nSPS) is 18.8. The van der Waals surface area contributed by atoms with Gasteiger partial charge in [0.05, 0.1) is 0 Å². The van der Waals surface area contributed by atoms with Crippen molar-refractivity contribution >= 4 is 16.5 Å². The summed E-state index contributed by atoms with van der Waals surface area (Å²) < 4.78 is 26.3. The third-order valence-electron chi connectivity index (χ3n) is 1.76. The second-order valence-corrected chi connectivity index (χ2v) is 4.37. The molecule has 6 nitrogen and oxygen atoms in total. The fraction of sp³-hybridized carbons (Fsp3) is 0.833. The van der Waals surface area contributed by atoms with Gasteiger partial charge in [0, 0.05) is 0 Å². The molecule has 1 rings (SSSR count). The predicted molar refractivity (Wildman–Crippen MR) is 44.9 cm³/mol. The van der Waals surface area contributed by atoms with E-state index in [0.717, 1.165) is 25.9 Å². The van der Waals surface area contributed by atoms with E-state index in [1.54, 1.807) is 10.4 Å². The molecule has 7 heteroatoms. The Bertz CT molecular complexity index is 258. The van der Waals surface area contributed by atoms with Gasteiger partial charge < -0.3 is 0 Å². The minimum atomic E-state index is -3.64. The summed E-state index contributed by atoms with van der Waals surface area (Å²) in [6, 6.07) is 0. The van der Waals surface area contributed by atoms with Gasteiger partial charge in [0.15, 0.2) is 0 Å². The molecule has 0 aromatic carbocycles. The molecule has 1 aliphatic heterocycles. The second-order valence-electron chi connectivity index (χ2n) is 2.83. The van der Waals surface area contributed by atoms with Gasteiger partial charge in [-0.05, 0) is 25.9 Å². The molecule has 1 amide bonds. The Kier molecular flexibility index (Phi) is 3.64. The van der Waals surface area contributed by atoms with Gasteiger partial charge in [0.1, 0.15) is 5.88 Å². The first kappa shape index (κ1) is 10.4. The van der Waals surface area contributed by atoms with Gasteiger partial charge in [0.2, 0.25) is 6.41 Å². The SMILES string of the molecule is O=CNOS(=O)(=O)CN1CCCC1. The van der Waals surface area contributed by atoms with Crippen LogP contribution in [0.5, 0.6) is 0 Å². The monoisotopic (exact) mass is 208 g/mol. The number of carbonyl (C=O) groups is 1. The van der Waals surface area contributed by atoms with Crippen molar-refractivity contribution in [2.45, 2.75) is 12.8 Å². The van der Waals surface area contributed by atoms with Gasteiger partial charge in [-0.3, -0.25) is 9.69 Å². The Labute approximate surface area is 76.9 Å². The van der Waals surface area contributed by atoms with Crippen LogP contribution in [0.25, 0.3) is 0 Å². The molecule has 0 radical (unpaired) electrons. The molecule has 0 spiro atoms. The third-order valence-corrected chi connectivity index (χ3v) is 2.79. The Balaban J connectivity index is 2.36. The van der Waals surface area contributed by atoms with E-state index < -0.39 is 10.1 Å². The van der Waals surface area contributed by atoms with Gasteiger partial charge in [-0.15, -0.1) is 4.28 Å². The van der Waals surface area contributed by atoms with E-state index in [1.165, 1.54) is 0 Å². The van der Waals surface area contributed by atoms with Crippen LogP contribution in [0.15, 0.2) is 0 Å². The van der Waals surface area contributed by atoms with Crippen LogP contribution in [0.3, 0.4) is 0 Å². The minimum Gasteiger partial charge on any atom is -0.288 e. The number of rotatable bonds is 5. The van der Waals surface area contributed by atoms with E-state index in [0.29, 0.717) is 0 Å². The average molecular weight is 208 g/mol. The number of nitrogens with one attached hydrogen (secondary N) is 1. The molecule has 1 saturated heterocycles. The summed E-state index contributed by atoms with van der Waals surface area (Å²) in [5, 5.41) is 0. The lowest BCUT2D eigenvalue weighted by Gasteiger charge is -2.13. The molecule has 1 aliphatic rings. The zero-order chi connectivity index (χ0) is 9.73. The Hall–Kier alpha value is -0.660. The first-order chi connectivity index (χ1) is 6.14. The van der Waals surface area contributed by atoms with Crippen LogP contribution in [0, 0.1) is 0 Å². The van der Waals surface area contributed by atoms with Gasteiger partial charge in [-0.2, -0.15) is 8.42 Å². The lowest BCUT2D eigenvalue weighted by molar-refractivity contribution is -0.115. The fourth-order valence-corrected chi connectivity index (χ4v) is 2.20. The molecule has 0 aliphatic carbocycles. The van der Waals surface area contributed by atoms with E-state index in [-0.39, 0.29) is 12.3 Å². The quantitative estimate of drug-likeness (QED) is 0.465. The highest BCUT2D eigenvalue weighted by atomic mass is 32.2. The van der Waals surface area contributed by atoms with Gasteiger partial charge in [0.25, 0.3) is 0 Å². The van der Waals surface area contributed by atoms with E-state index in [9.17, 15) is 13.2 Å². The van der Waals surface area contributed by atoms with Crippen molar-refractivity contribution in [3.05, 3.63) is 0 Å². The fourth-order valence-electron chi connectivity index (χ4n) is 1.25. The molecular formula is C6H12N2O4S. The van der Waals surface area contributed by atoms with Crippen molar-refractivity contribution in [1.29, 1.82) is 0 Å². The molecule has 1 N–H and O–H groups in total. The summed E-state index contributed by atoms with van der Waals surface area (Å²) in [5.74, 6) is -0.159. The van der Waals surface area contributed by atoms with Crippen molar-refractivity contribution in [2.75, 3.05) is 19.0 Å². The highest BCUT2D eigenvalue weighted by Gasteiger charge is 2.20. The smallest absolute Gasteiger partial charge is 0.288 e. The summed E-state index contributed by atoms with van der Waals surface area (Å²) in [5.41, 5.74) is 1.67. The molecular weight excluding hydrogens is 196 g/mol. The summed E-state index contributed by atoms with van der Waals surface area (Å²) >= 11 is 0. The first-order valence-corrected chi connectivity index (χ1v) is 5.54. The molecule has 76 valence electrons. The van der Waals surface area contributed by atoms with Crippen LogP contribution in [-0.4, -0.2) is 38.7 Å². The third kappa shape index (κ3) is 3.71. The van der Waals surface area contributed by atoms with E-state index in [1.807, 2.05) is 0 Å². The zero-order valence-electron chi connectivity index (χ0n) is 7.10. The lowest BCUT2D eigenvalue weighted by Crippen LogP contribution is -2.31. The maximum atomic E-state index is 11.1. The largest absolute Gasteiger partial charge is 0.301 e. The Morgan fingerprint density at radius 2 is 2.00 bits per heavy atom. The highest BCUT2D eigenvalue weighted by Crippen LogP contribution is 2.08. The zero-order valence-corrected chi connectivity index (χ0v) is 7.92. The highest BCUT2D eigenvalue weighted by molar-refractivity contribution is 7.86. The maximum Gasteiger partial charge on any atom is 0.301 e. The number of carbonyl (C=O) groups excluding carboxylic acids is 1. The van der Waals surface area contributed by atoms with Crippen molar-refractivity contribution in [1.82, 2.24) is 10.4 Å². The summed E-state index contributed by atoms with van der Waals surface area (Å²) in [7, 11) is -3.64. The van der Waals surface area contributed by atoms with Crippen LogP contribution in [-0.2, 0) is 19.2 Å². The standard InChI is InChI=1S/C6H12N2O4S/c9-5-7-12-13(10,11)6-8-3-1-2-4-8/h5H,1-4,6H2,(H,7,9). The Morgan fingerprint density at radius 1 is 1.38 bits per heavy atom. The van der Waals surface area contributed by atoms with Crippen LogP contribution in [0.1, 0.15) is 12.8 Å². The minimum absolute atomic E-state index is 0.159. The van der Waals surface area contributed by atoms with Gasteiger partial charge in [-0.25, -0.2) is 5.48 Å². The topological polar surface area (TPSA) is 75.7 Å². The summed E-state index contributed by atoms with van der Waals surface area (Å²) in [6.45, 7) is 1.54. The molecule has 0 unspecified atom stereocenters. The van der Waals surface area contributed by atoms with Crippen molar-refractivity contribution < 1.29 is 17.5 Å². The van der Waals surface area contributed by atoms with Crippen LogP contribution < -0.4 is 5.48 Å². The van der Waals surface area contributed by atoms with E-state index in [4.69, 9.17) is 0 Å². The number of nitrogens with zero attached hydrogens (tertiary/aromatic N) is 1. The summed E-state index contributed by atoms with van der Waals surface area (Å²) in [4.78, 5) is 11.5. The Morgan fingerprint density at radius 3 is 2.54 bits per heavy atom. The van der Waals surface area contributed by atoms with E-state index in [2.05, 4.69) is 4.28 Å². The van der Waals surface area contributed by atoms with E-state index >= 15 is 0 Å². The lowest BCUT2D eigenvalue weighted by atomic mass is 10.4. The molecule has 13 heavy (non-hydrogen) atoms. The van der Waals surface area contributed by atoms with Gasteiger partial charge >= 0.3 is 10.1 Å². The predicted octanol–water partition coefficient (Wildman–Crippen LogP) is -0.953. The van der Waals surface area contributed by atoms with Crippen molar-refractivity contribution in [3.8, 4) is 0 Å². The molecule has 1 heterocycles. The number of hydrogen-bond donors (Lipinski definition) is 1.